The van der Waals surface area contributed by atoms with Crippen LogP contribution >= 0.6 is 11.3 Å². The quantitative estimate of drug-likeness (QED) is 0.767. The molecule has 0 radical (unpaired) electrons. The molecule has 0 saturated carbocycles. The lowest BCUT2D eigenvalue weighted by atomic mass is 10.1. The van der Waals surface area contributed by atoms with E-state index in [0.29, 0.717) is 19.5 Å². The summed E-state index contributed by atoms with van der Waals surface area (Å²) >= 11 is 1.56. The highest BCUT2D eigenvalue weighted by Crippen LogP contribution is 2.14. The molecule has 21 heavy (non-hydrogen) atoms. The van der Waals surface area contributed by atoms with Crippen molar-refractivity contribution in [1.29, 1.82) is 0 Å². The SMILES string of the molecule is Cc1ncc(CNC(=O)NCCC(O)c2ccccc2)s1. The predicted molar refractivity (Wildman–Crippen MR) is 83.1 cm³/mol. The molecule has 6 heteroatoms. The second kappa shape index (κ2) is 7.75. The Morgan fingerprint density at radius 3 is 2.76 bits per heavy atom. The van der Waals surface area contributed by atoms with Crippen LogP contribution in [0.1, 0.15) is 28.0 Å². The zero-order valence-electron chi connectivity index (χ0n) is 11.9. The molecule has 0 fully saturated rings. The van der Waals surface area contributed by atoms with Gasteiger partial charge in [0.05, 0.1) is 17.7 Å². The Labute approximate surface area is 128 Å². The second-order valence-electron chi connectivity index (χ2n) is 4.67. The average Bonchev–Trinajstić information content (AvgIpc) is 2.91. The maximum absolute atomic E-state index is 11.6. The van der Waals surface area contributed by atoms with Gasteiger partial charge in [-0.1, -0.05) is 30.3 Å². The lowest BCUT2D eigenvalue weighted by Crippen LogP contribution is -2.35. The van der Waals surface area contributed by atoms with Gasteiger partial charge < -0.3 is 15.7 Å². The van der Waals surface area contributed by atoms with E-state index in [1.807, 2.05) is 37.3 Å². The minimum absolute atomic E-state index is 0.235. The van der Waals surface area contributed by atoms with E-state index in [9.17, 15) is 9.90 Å². The number of aryl methyl sites for hydroxylation is 1. The fraction of sp³-hybridized carbons (Fsp3) is 0.333. The Bertz CT molecular complexity index is 571. The van der Waals surface area contributed by atoms with Gasteiger partial charge in [-0.05, 0) is 18.9 Å². The molecule has 112 valence electrons. The van der Waals surface area contributed by atoms with Gasteiger partial charge in [-0.3, -0.25) is 0 Å². The summed E-state index contributed by atoms with van der Waals surface area (Å²) in [4.78, 5) is 16.8. The number of nitrogens with zero attached hydrogens (tertiary/aromatic N) is 1. The molecule has 0 spiro atoms. The first-order valence-electron chi connectivity index (χ1n) is 6.81. The summed E-state index contributed by atoms with van der Waals surface area (Å²) in [5, 5.41) is 16.4. The molecule has 0 aliphatic rings. The third-order valence-corrected chi connectivity index (χ3v) is 3.89. The number of carbonyl (C=O) groups excluding carboxylic acids is 1. The molecule has 0 saturated heterocycles. The smallest absolute Gasteiger partial charge is 0.315 e. The molecule has 0 bridgehead atoms. The minimum atomic E-state index is -0.560. The Morgan fingerprint density at radius 2 is 2.10 bits per heavy atom. The molecule has 2 rings (SSSR count). The number of nitrogens with one attached hydrogen (secondary N) is 2. The number of hydrogen-bond acceptors (Lipinski definition) is 4. The van der Waals surface area contributed by atoms with Gasteiger partial charge in [-0.15, -0.1) is 11.3 Å². The number of rotatable bonds is 6. The molecule has 0 aliphatic heterocycles. The number of hydrogen-bond donors (Lipinski definition) is 3. The van der Waals surface area contributed by atoms with E-state index in [-0.39, 0.29) is 6.03 Å². The zero-order chi connectivity index (χ0) is 15.1. The number of carbonyl (C=O) groups is 1. The van der Waals surface area contributed by atoms with Crippen LogP contribution in [0.15, 0.2) is 36.5 Å². The number of aliphatic hydroxyl groups excluding tert-OH is 1. The normalized spacial score (nSPS) is 11.9. The van der Waals surface area contributed by atoms with Gasteiger partial charge in [0.2, 0.25) is 0 Å². The van der Waals surface area contributed by atoms with Gasteiger partial charge in [0.1, 0.15) is 0 Å². The van der Waals surface area contributed by atoms with Crippen molar-refractivity contribution < 1.29 is 9.90 Å². The monoisotopic (exact) mass is 305 g/mol. The molecule has 5 nitrogen and oxygen atoms in total. The third-order valence-electron chi connectivity index (χ3n) is 2.98. The fourth-order valence-corrected chi connectivity index (χ4v) is 2.62. The minimum Gasteiger partial charge on any atom is -0.388 e. The van der Waals surface area contributed by atoms with Crippen molar-refractivity contribution in [2.45, 2.75) is 26.0 Å². The molecule has 1 aromatic heterocycles. The maximum atomic E-state index is 11.6. The number of thiazole rings is 1. The first-order chi connectivity index (χ1) is 10.1. The number of benzene rings is 1. The molecule has 0 aliphatic carbocycles. The summed E-state index contributed by atoms with van der Waals surface area (Å²) in [6.07, 6.45) is 1.69. The first-order valence-corrected chi connectivity index (χ1v) is 7.63. The van der Waals surface area contributed by atoms with E-state index in [2.05, 4.69) is 15.6 Å². The van der Waals surface area contributed by atoms with Crippen molar-refractivity contribution in [2.75, 3.05) is 6.54 Å². The van der Waals surface area contributed by atoms with Crippen molar-refractivity contribution >= 4 is 17.4 Å². The largest absolute Gasteiger partial charge is 0.388 e. The van der Waals surface area contributed by atoms with Crippen molar-refractivity contribution in [3.05, 3.63) is 52.0 Å². The van der Waals surface area contributed by atoms with Crippen LogP contribution in [-0.4, -0.2) is 22.7 Å². The summed E-state index contributed by atoms with van der Waals surface area (Å²) in [5.41, 5.74) is 0.861. The van der Waals surface area contributed by atoms with Crippen LogP contribution in [0.4, 0.5) is 4.79 Å². The van der Waals surface area contributed by atoms with Gasteiger partial charge in [-0.2, -0.15) is 0 Å². The average molecular weight is 305 g/mol. The Hall–Kier alpha value is -1.92. The van der Waals surface area contributed by atoms with Crippen molar-refractivity contribution in [3.8, 4) is 0 Å². The highest BCUT2D eigenvalue weighted by atomic mass is 32.1. The topological polar surface area (TPSA) is 74.2 Å². The molecule has 3 N–H and O–H groups in total. The summed E-state index contributed by atoms with van der Waals surface area (Å²) in [7, 11) is 0. The van der Waals surface area contributed by atoms with Gasteiger partial charge in [0, 0.05) is 17.6 Å². The molecule has 1 atom stereocenters. The van der Waals surface area contributed by atoms with Gasteiger partial charge in [-0.25, -0.2) is 9.78 Å². The van der Waals surface area contributed by atoms with E-state index in [0.717, 1.165) is 15.4 Å². The second-order valence-corrected chi connectivity index (χ2v) is 5.99. The molecule has 2 amide bonds. The summed E-state index contributed by atoms with van der Waals surface area (Å²) in [6.45, 7) is 2.82. The summed E-state index contributed by atoms with van der Waals surface area (Å²) in [6, 6.07) is 9.18. The molecule has 1 heterocycles. The van der Waals surface area contributed by atoms with Gasteiger partial charge >= 0.3 is 6.03 Å². The molecule has 1 aromatic carbocycles. The Balaban J connectivity index is 1.65. The third kappa shape index (κ3) is 5.17. The van der Waals surface area contributed by atoms with E-state index in [4.69, 9.17) is 0 Å². The van der Waals surface area contributed by atoms with Crippen LogP contribution in [0, 0.1) is 6.92 Å². The zero-order valence-corrected chi connectivity index (χ0v) is 12.7. The number of urea groups is 1. The van der Waals surface area contributed by atoms with Crippen molar-refractivity contribution in [3.63, 3.8) is 0 Å². The summed E-state index contributed by atoms with van der Waals surface area (Å²) < 4.78 is 0. The highest BCUT2D eigenvalue weighted by molar-refractivity contribution is 7.11. The molecular formula is C15H19N3O2S. The molecule has 1 unspecified atom stereocenters. The lowest BCUT2D eigenvalue weighted by Gasteiger charge is -2.11. The number of aliphatic hydroxyl groups is 1. The summed E-state index contributed by atoms with van der Waals surface area (Å²) in [5.74, 6) is 0. The van der Waals surface area contributed by atoms with Crippen LogP contribution in [0.3, 0.4) is 0 Å². The van der Waals surface area contributed by atoms with Crippen molar-refractivity contribution in [1.82, 2.24) is 15.6 Å². The van der Waals surface area contributed by atoms with Crippen LogP contribution in [0.5, 0.6) is 0 Å². The van der Waals surface area contributed by atoms with Crippen LogP contribution in [0.2, 0.25) is 0 Å². The standard InChI is InChI=1S/C15H19N3O2S/c1-11-17-9-13(21-11)10-18-15(20)16-8-7-14(19)12-5-3-2-4-6-12/h2-6,9,14,19H,7-8,10H2,1H3,(H2,16,18,20). The van der Waals surface area contributed by atoms with E-state index >= 15 is 0 Å². The fourth-order valence-electron chi connectivity index (χ4n) is 1.88. The van der Waals surface area contributed by atoms with E-state index in [1.54, 1.807) is 17.5 Å². The Kier molecular flexibility index (Phi) is 5.71. The highest BCUT2D eigenvalue weighted by Gasteiger charge is 2.07. The van der Waals surface area contributed by atoms with Crippen LogP contribution in [-0.2, 0) is 6.54 Å². The first kappa shape index (κ1) is 15.5. The van der Waals surface area contributed by atoms with E-state index in [1.165, 1.54) is 0 Å². The van der Waals surface area contributed by atoms with Gasteiger partial charge in [0.15, 0.2) is 0 Å². The van der Waals surface area contributed by atoms with E-state index < -0.39 is 6.10 Å². The maximum Gasteiger partial charge on any atom is 0.315 e. The molecular weight excluding hydrogens is 286 g/mol. The lowest BCUT2D eigenvalue weighted by molar-refractivity contribution is 0.167. The Morgan fingerprint density at radius 1 is 1.33 bits per heavy atom. The molecule has 2 aromatic rings. The number of amides is 2. The van der Waals surface area contributed by atoms with Crippen LogP contribution < -0.4 is 10.6 Å². The predicted octanol–water partition coefficient (Wildman–Crippen LogP) is 2.37. The van der Waals surface area contributed by atoms with Crippen LogP contribution in [0.25, 0.3) is 0 Å². The number of aromatic nitrogens is 1. The van der Waals surface area contributed by atoms with Gasteiger partial charge in [0.25, 0.3) is 0 Å². The van der Waals surface area contributed by atoms with Crippen molar-refractivity contribution in [2.24, 2.45) is 0 Å².